The molecular formula is C13H15N3O5. The Kier molecular flexibility index (Phi) is 4.36. The van der Waals surface area contributed by atoms with Crippen LogP contribution in [0.3, 0.4) is 0 Å². The molecule has 0 radical (unpaired) electrons. The van der Waals surface area contributed by atoms with E-state index in [0.717, 1.165) is 0 Å². The van der Waals surface area contributed by atoms with Crippen LogP contribution in [0.2, 0.25) is 0 Å². The van der Waals surface area contributed by atoms with Gasteiger partial charge in [0.15, 0.2) is 0 Å². The highest BCUT2D eigenvalue weighted by molar-refractivity contribution is 5.84. The normalized spacial score (nSPS) is 17.5. The molecule has 0 aliphatic carbocycles. The van der Waals surface area contributed by atoms with Gasteiger partial charge >= 0.3 is 6.09 Å². The molecule has 0 aromatic heterocycles. The molecule has 1 aliphatic rings. The monoisotopic (exact) mass is 293 g/mol. The molecule has 1 atom stereocenters. The first-order valence-electron chi connectivity index (χ1n) is 6.45. The lowest BCUT2D eigenvalue weighted by Gasteiger charge is -2.21. The number of likely N-dealkylation sites (tertiary alicyclic amines) is 1. The molecule has 0 spiro atoms. The van der Waals surface area contributed by atoms with Gasteiger partial charge in [0.05, 0.1) is 4.92 Å². The van der Waals surface area contributed by atoms with E-state index in [1.165, 1.54) is 29.2 Å². The maximum absolute atomic E-state index is 11.9. The predicted molar refractivity (Wildman–Crippen MR) is 72.2 cm³/mol. The number of carbonyl (C=O) groups excluding carboxylic acids is 2. The second-order valence-corrected chi connectivity index (χ2v) is 4.73. The summed E-state index contributed by atoms with van der Waals surface area (Å²) < 4.78 is 5.10. The topological polar surface area (TPSA) is 116 Å². The smallest absolute Gasteiger partial charge is 0.410 e. The number of rotatable bonds is 4. The molecule has 1 fully saturated rings. The van der Waals surface area contributed by atoms with Crippen LogP contribution in [0, 0.1) is 10.1 Å². The van der Waals surface area contributed by atoms with E-state index < -0.39 is 23.0 Å². The third kappa shape index (κ3) is 3.47. The molecule has 0 saturated carbocycles. The molecule has 2 rings (SSSR count). The third-order valence-corrected chi connectivity index (χ3v) is 3.33. The maximum Gasteiger partial charge on any atom is 0.410 e. The van der Waals surface area contributed by atoms with Gasteiger partial charge in [0.1, 0.15) is 12.6 Å². The van der Waals surface area contributed by atoms with Crippen molar-refractivity contribution in [3.05, 3.63) is 39.9 Å². The maximum atomic E-state index is 11.9. The van der Waals surface area contributed by atoms with Gasteiger partial charge in [-0.25, -0.2) is 4.79 Å². The number of non-ortho nitro benzene ring substituents is 1. The second kappa shape index (κ2) is 6.21. The van der Waals surface area contributed by atoms with Gasteiger partial charge in [0.25, 0.3) is 5.69 Å². The predicted octanol–water partition coefficient (Wildman–Crippen LogP) is 1.18. The van der Waals surface area contributed by atoms with E-state index in [1.54, 1.807) is 0 Å². The molecule has 1 aromatic rings. The number of nitro benzene ring substituents is 1. The van der Waals surface area contributed by atoms with Crippen LogP contribution in [0.5, 0.6) is 0 Å². The molecule has 21 heavy (non-hydrogen) atoms. The lowest BCUT2D eigenvalue weighted by atomic mass is 10.2. The number of nitro groups is 1. The minimum atomic E-state index is -0.616. The summed E-state index contributed by atoms with van der Waals surface area (Å²) >= 11 is 0. The number of hydrogen-bond donors (Lipinski definition) is 1. The lowest BCUT2D eigenvalue weighted by Crippen LogP contribution is -2.43. The van der Waals surface area contributed by atoms with Gasteiger partial charge in [-0.15, -0.1) is 0 Å². The minimum Gasteiger partial charge on any atom is -0.445 e. The summed E-state index contributed by atoms with van der Waals surface area (Å²) in [4.78, 5) is 34.4. The number of hydrogen-bond acceptors (Lipinski definition) is 5. The first-order chi connectivity index (χ1) is 9.99. The van der Waals surface area contributed by atoms with Crippen LogP contribution in [0.15, 0.2) is 24.3 Å². The molecule has 1 heterocycles. The molecule has 0 bridgehead atoms. The Morgan fingerprint density at radius 3 is 2.62 bits per heavy atom. The van der Waals surface area contributed by atoms with Gasteiger partial charge in [-0.05, 0) is 30.5 Å². The first-order valence-corrected chi connectivity index (χ1v) is 6.45. The van der Waals surface area contributed by atoms with E-state index in [2.05, 4.69) is 0 Å². The summed E-state index contributed by atoms with van der Waals surface area (Å²) in [6, 6.07) is 5.09. The highest BCUT2D eigenvalue weighted by Crippen LogP contribution is 2.19. The molecule has 112 valence electrons. The molecule has 8 heteroatoms. The quantitative estimate of drug-likeness (QED) is 0.661. The van der Waals surface area contributed by atoms with Crippen molar-refractivity contribution in [3.63, 3.8) is 0 Å². The molecule has 8 nitrogen and oxygen atoms in total. The van der Waals surface area contributed by atoms with Crippen LogP contribution in [0.1, 0.15) is 18.4 Å². The number of amides is 2. The number of benzene rings is 1. The highest BCUT2D eigenvalue weighted by atomic mass is 16.6. The van der Waals surface area contributed by atoms with Crippen LogP contribution in [0.25, 0.3) is 0 Å². The molecular weight excluding hydrogens is 278 g/mol. The Hall–Kier alpha value is -2.64. The van der Waals surface area contributed by atoms with E-state index in [9.17, 15) is 19.7 Å². The summed E-state index contributed by atoms with van der Waals surface area (Å²) in [6.07, 6.45) is 0.650. The van der Waals surface area contributed by atoms with Crippen molar-refractivity contribution in [2.45, 2.75) is 25.5 Å². The van der Waals surface area contributed by atoms with Crippen molar-refractivity contribution in [3.8, 4) is 0 Å². The molecule has 1 aliphatic heterocycles. The average molecular weight is 293 g/mol. The zero-order valence-corrected chi connectivity index (χ0v) is 11.2. The Morgan fingerprint density at radius 2 is 2.05 bits per heavy atom. The fourth-order valence-electron chi connectivity index (χ4n) is 2.22. The number of carbonyl (C=O) groups is 2. The zero-order chi connectivity index (χ0) is 15.4. The van der Waals surface area contributed by atoms with E-state index in [1.807, 2.05) is 0 Å². The molecule has 2 N–H and O–H groups in total. The van der Waals surface area contributed by atoms with Crippen LogP contribution < -0.4 is 5.73 Å². The van der Waals surface area contributed by atoms with Crippen LogP contribution >= 0.6 is 0 Å². The fraction of sp³-hybridized carbons (Fsp3) is 0.385. The zero-order valence-electron chi connectivity index (χ0n) is 11.2. The summed E-state index contributed by atoms with van der Waals surface area (Å²) in [7, 11) is 0. The Balaban J connectivity index is 1.91. The Labute approximate surface area is 120 Å². The summed E-state index contributed by atoms with van der Waals surface area (Å²) in [6.45, 7) is 0.422. The van der Waals surface area contributed by atoms with Crippen molar-refractivity contribution in [1.29, 1.82) is 0 Å². The van der Waals surface area contributed by atoms with Crippen molar-refractivity contribution < 1.29 is 19.2 Å². The Morgan fingerprint density at radius 1 is 1.38 bits per heavy atom. The largest absolute Gasteiger partial charge is 0.445 e. The van der Waals surface area contributed by atoms with E-state index in [4.69, 9.17) is 10.5 Å². The molecule has 1 aromatic carbocycles. The third-order valence-electron chi connectivity index (χ3n) is 3.33. The second-order valence-electron chi connectivity index (χ2n) is 4.73. The van der Waals surface area contributed by atoms with E-state index in [-0.39, 0.29) is 12.3 Å². The van der Waals surface area contributed by atoms with E-state index >= 15 is 0 Å². The van der Waals surface area contributed by atoms with Crippen LogP contribution in [-0.4, -0.2) is 34.4 Å². The van der Waals surface area contributed by atoms with Crippen molar-refractivity contribution in [1.82, 2.24) is 4.90 Å². The Bertz CT molecular complexity index is 557. The van der Waals surface area contributed by atoms with Gasteiger partial charge in [0, 0.05) is 18.7 Å². The standard InChI is InChI=1S/C13H15N3O5/c14-12(17)11-2-1-7-15(11)13(18)21-8-9-3-5-10(6-4-9)16(19)20/h3-6,11H,1-2,7-8H2,(H2,14,17)/t11-/m0/s1. The van der Waals surface area contributed by atoms with E-state index in [0.29, 0.717) is 24.9 Å². The first kappa shape index (κ1) is 14.8. The van der Waals surface area contributed by atoms with Gasteiger partial charge in [-0.3, -0.25) is 19.8 Å². The number of ether oxygens (including phenoxy) is 1. The van der Waals surface area contributed by atoms with Crippen molar-refractivity contribution in [2.75, 3.05) is 6.54 Å². The summed E-state index contributed by atoms with van der Waals surface area (Å²) in [5.74, 6) is -0.542. The van der Waals surface area contributed by atoms with Gasteiger partial charge in [-0.1, -0.05) is 0 Å². The summed E-state index contributed by atoms with van der Waals surface area (Å²) in [5, 5.41) is 10.5. The molecule has 1 saturated heterocycles. The highest BCUT2D eigenvalue weighted by Gasteiger charge is 2.33. The van der Waals surface area contributed by atoms with Gasteiger partial charge in [0.2, 0.25) is 5.91 Å². The fourth-order valence-corrected chi connectivity index (χ4v) is 2.22. The molecule has 0 unspecified atom stereocenters. The number of primary amides is 1. The van der Waals surface area contributed by atoms with Crippen molar-refractivity contribution >= 4 is 17.7 Å². The summed E-state index contributed by atoms with van der Waals surface area (Å²) in [5.41, 5.74) is 5.83. The minimum absolute atomic E-state index is 0.0151. The van der Waals surface area contributed by atoms with Gasteiger partial charge in [-0.2, -0.15) is 0 Å². The SMILES string of the molecule is NC(=O)[C@@H]1CCCN1C(=O)OCc1ccc([N+](=O)[O-])cc1. The lowest BCUT2D eigenvalue weighted by molar-refractivity contribution is -0.384. The molecule has 2 amide bonds. The number of nitrogens with two attached hydrogens (primary N) is 1. The van der Waals surface area contributed by atoms with Crippen LogP contribution in [0.4, 0.5) is 10.5 Å². The van der Waals surface area contributed by atoms with Crippen molar-refractivity contribution in [2.24, 2.45) is 5.73 Å². The van der Waals surface area contributed by atoms with Gasteiger partial charge < -0.3 is 10.5 Å². The van der Waals surface area contributed by atoms with Crippen LogP contribution in [-0.2, 0) is 16.1 Å². The average Bonchev–Trinajstić information content (AvgIpc) is 2.95. The number of nitrogens with zero attached hydrogens (tertiary/aromatic N) is 2.